The number of likely N-dealkylation sites (N-methyl/N-ethyl adjacent to an activating group) is 1. The fourth-order valence-electron chi connectivity index (χ4n) is 4.38. The van der Waals surface area contributed by atoms with Crippen molar-refractivity contribution in [2.45, 2.75) is 35.9 Å². The molecule has 0 aliphatic carbocycles. The highest BCUT2D eigenvalue weighted by Crippen LogP contribution is 2.32. The first kappa shape index (κ1) is 30.8. The monoisotopic (exact) mass is 625 g/mol. The van der Waals surface area contributed by atoms with Gasteiger partial charge in [-0.15, -0.1) is 0 Å². The van der Waals surface area contributed by atoms with Crippen molar-refractivity contribution in [3.8, 4) is 5.75 Å². The maximum absolute atomic E-state index is 13.7. The van der Waals surface area contributed by atoms with Gasteiger partial charge in [0.25, 0.3) is 15.9 Å². The van der Waals surface area contributed by atoms with E-state index < -0.39 is 38.1 Å². The van der Waals surface area contributed by atoms with Crippen LogP contribution in [-0.2, 0) is 27.1 Å². The number of benzene rings is 2. The normalized spacial score (nSPS) is 18.8. The molecule has 4 rings (SSSR count). The summed E-state index contributed by atoms with van der Waals surface area (Å²) in [5.41, 5.74) is 0.169. The maximum atomic E-state index is 13.7. The molecule has 0 saturated heterocycles. The first-order valence-corrected chi connectivity index (χ1v) is 16.0. The lowest BCUT2D eigenvalue weighted by Crippen LogP contribution is -2.50. The Kier molecular flexibility index (Phi) is 8.99. The lowest BCUT2D eigenvalue weighted by atomic mass is 9.99. The van der Waals surface area contributed by atoms with E-state index in [2.05, 4.69) is 9.71 Å². The van der Waals surface area contributed by atoms with Gasteiger partial charge in [0.05, 0.1) is 36.0 Å². The number of rotatable bonds is 9. The van der Waals surface area contributed by atoms with Gasteiger partial charge in [0, 0.05) is 43.5 Å². The molecule has 0 fully saturated rings. The van der Waals surface area contributed by atoms with Crippen molar-refractivity contribution in [1.29, 1.82) is 0 Å². The molecule has 1 aromatic heterocycles. The minimum atomic E-state index is -4.04. The van der Waals surface area contributed by atoms with E-state index in [9.17, 15) is 26.7 Å². The molecule has 2 N–H and O–H groups in total. The first-order valence-electron chi connectivity index (χ1n) is 12.7. The summed E-state index contributed by atoms with van der Waals surface area (Å²) in [4.78, 5) is 19.1. The van der Waals surface area contributed by atoms with Crippen LogP contribution in [0.2, 0.25) is 5.02 Å². The van der Waals surface area contributed by atoms with Gasteiger partial charge >= 0.3 is 0 Å². The Morgan fingerprint density at radius 1 is 1.20 bits per heavy atom. The molecule has 0 bridgehead atoms. The molecule has 3 aromatic rings. The third kappa shape index (κ3) is 6.67. The molecule has 0 radical (unpaired) electrons. The molecule has 2 aromatic carbocycles. The number of ether oxygens (including phenoxy) is 1. The zero-order chi connectivity index (χ0) is 30.1. The smallest absolute Gasteiger partial charge is 0.280 e. The van der Waals surface area contributed by atoms with Crippen molar-refractivity contribution < 1.29 is 31.5 Å². The highest BCUT2D eigenvalue weighted by atomic mass is 35.5. The van der Waals surface area contributed by atoms with E-state index in [1.165, 1.54) is 75.8 Å². The zero-order valence-corrected chi connectivity index (χ0v) is 25.3. The van der Waals surface area contributed by atoms with Gasteiger partial charge in [-0.25, -0.2) is 13.4 Å². The molecule has 15 heteroatoms. The average Bonchev–Trinajstić information content (AvgIpc) is 3.38. The molecule has 0 unspecified atom stereocenters. The van der Waals surface area contributed by atoms with Gasteiger partial charge in [0.1, 0.15) is 11.9 Å². The summed E-state index contributed by atoms with van der Waals surface area (Å²) in [5, 5.41) is 10.1. The van der Waals surface area contributed by atoms with Crippen LogP contribution in [-0.4, -0.2) is 85.5 Å². The van der Waals surface area contributed by atoms with Crippen LogP contribution >= 0.6 is 11.6 Å². The second-order valence-corrected chi connectivity index (χ2v) is 14.2. The van der Waals surface area contributed by atoms with E-state index in [0.717, 1.165) is 0 Å². The number of nitrogens with one attached hydrogen (secondary N) is 1. The van der Waals surface area contributed by atoms with E-state index in [1.54, 1.807) is 14.0 Å². The number of aliphatic hydroxyl groups excluding tert-OH is 1. The van der Waals surface area contributed by atoms with Gasteiger partial charge in [-0.2, -0.15) is 12.7 Å². The fourth-order valence-corrected chi connectivity index (χ4v) is 6.72. The lowest BCUT2D eigenvalue weighted by molar-refractivity contribution is 0.0387. The number of aryl methyl sites for hydroxylation is 1. The van der Waals surface area contributed by atoms with Crippen LogP contribution in [0.1, 0.15) is 24.2 Å². The number of amides is 1. The van der Waals surface area contributed by atoms with Gasteiger partial charge in [-0.3, -0.25) is 9.52 Å². The van der Waals surface area contributed by atoms with Crippen LogP contribution < -0.4 is 9.46 Å². The molecule has 1 amide bonds. The van der Waals surface area contributed by atoms with Crippen LogP contribution in [0.15, 0.2) is 64.9 Å². The number of hydrogen-bond donors (Lipinski definition) is 2. The maximum Gasteiger partial charge on any atom is 0.280 e. The molecule has 222 valence electrons. The number of anilines is 1. The van der Waals surface area contributed by atoms with E-state index in [1.807, 2.05) is 6.92 Å². The number of halogens is 1. The number of aliphatic hydroxyl groups is 1. The Morgan fingerprint density at radius 2 is 1.88 bits per heavy atom. The molecule has 0 saturated carbocycles. The first-order chi connectivity index (χ1) is 19.2. The quantitative estimate of drug-likeness (QED) is 0.368. The topological polar surface area (TPSA) is 151 Å². The predicted octanol–water partition coefficient (Wildman–Crippen LogP) is 2.42. The summed E-state index contributed by atoms with van der Waals surface area (Å²) in [6, 6.07) is 9.52. The molecule has 2 heterocycles. The number of sulfonamides is 2. The predicted molar refractivity (Wildman–Crippen MR) is 153 cm³/mol. The third-order valence-electron chi connectivity index (χ3n) is 6.83. The summed E-state index contributed by atoms with van der Waals surface area (Å²) >= 11 is 5.92. The summed E-state index contributed by atoms with van der Waals surface area (Å²) in [6.45, 7) is 3.32. The van der Waals surface area contributed by atoms with Crippen LogP contribution in [0.4, 0.5) is 5.69 Å². The van der Waals surface area contributed by atoms with Gasteiger partial charge < -0.3 is 19.3 Å². The minimum absolute atomic E-state index is 0.0465. The lowest BCUT2D eigenvalue weighted by Gasteiger charge is -2.38. The summed E-state index contributed by atoms with van der Waals surface area (Å²) in [5.74, 6) is -0.654. The Bertz CT molecular complexity index is 1630. The van der Waals surface area contributed by atoms with Crippen molar-refractivity contribution in [2.75, 3.05) is 31.5 Å². The highest BCUT2D eigenvalue weighted by molar-refractivity contribution is 7.92. The molecular formula is C26H32ClN5O7S2. The van der Waals surface area contributed by atoms with Crippen molar-refractivity contribution in [3.63, 3.8) is 0 Å². The van der Waals surface area contributed by atoms with Crippen LogP contribution in [0.5, 0.6) is 5.75 Å². The summed E-state index contributed by atoms with van der Waals surface area (Å²) in [7, 11) is -4.84. The number of carbonyl (C=O) groups excluding carboxylic acids is 1. The number of nitrogens with zero attached hydrogens (tertiary/aromatic N) is 4. The number of carbonyl (C=O) groups is 1. The molecule has 0 spiro atoms. The van der Waals surface area contributed by atoms with E-state index in [4.69, 9.17) is 16.3 Å². The standard InChI is InChI=1S/C26H32ClN5O7S2/c1-17-12-32(18(2)15-33)26(34)22-11-20(29-40(35,36)25-14-30(3)16-28-25)7-10-23(22)39-24(17)13-31(4)41(37,38)21-8-5-19(27)6-9-21/h5-11,14,16-18,24,29,33H,12-13,15H2,1-4H3/t17-,18+,24+/m0/s1. The molecule has 1 aliphatic rings. The average molecular weight is 626 g/mol. The summed E-state index contributed by atoms with van der Waals surface area (Å²) < 4.78 is 63.5. The van der Waals surface area contributed by atoms with Crippen LogP contribution in [0, 0.1) is 5.92 Å². The second-order valence-electron chi connectivity index (χ2n) is 10.1. The Balaban J connectivity index is 1.68. The van der Waals surface area contributed by atoms with Crippen molar-refractivity contribution in [2.24, 2.45) is 13.0 Å². The third-order valence-corrected chi connectivity index (χ3v) is 10.2. The second kappa shape index (κ2) is 12.0. The number of imidazole rings is 1. The number of hydrogen-bond acceptors (Lipinski definition) is 8. The summed E-state index contributed by atoms with van der Waals surface area (Å²) in [6.07, 6.45) is 2.00. The molecular weight excluding hydrogens is 594 g/mol. The Morgan fingerprint density at radius 3 is 2.49 bits per heavy atom. The molecule has 1 aliphatic heterocycles. The van der Waals surface area contributed by atoms with Crippen molar-refractivity contribution in [3.05, 3.63) is 65.6 Å². The van der Waals surface area contributed by atoms with Crippen molar-refractivity contribution in [1.82, 2.24) is 18.8 Å². The van der Waals surface area contributed by atoms with E-state index >= 15 is 0 Å². The SMILES string of the molecule is C[C@H](CO)N1C[C@H](C)[C@@H](CN(C)S(=O)(=O)c2ccc(Cl)cc2)Oc2ccc(NS(=O)(=O)c3cn(C)cn3)cc2C1=O. The van der Waals surface area contributed by atoms with Crippen LogP contribution in [0.3, 0.4) is 0 Å². The Hall–Kier alpha value is -3.17. The van der Waals surface area contributed by atoms with Crippen LogP contribution in [0.25, 0.3) is 0 Å². The minimum Gasteiger partial charge on any atom is -0.488 e. The van der Waals surface area contributed by atoms with E-state index in [0.29, 0.717) is 5.02 Å². The Labute approximate surface area is 244 Å². The van der Waals surface area contributed by atoms with Gasteiger partial charge in [-0.05, 0) is 49.4 Å². The molecule has 12 nitrogen and oxygen atoms in total. The van der Waals surface area contributed by atoms with Gasteiger partial charge in [-0.1, -0.05) is 18.5 Å². The fraction of sp³-hybridized carbons (Fsp3) is 0.385. The zero-order valence-electron chi connectivity index (χ0n) is 22.9. The van der Waals surface area contributed by atoms with Crippen molar-refractivity contribution >= 4 is 43.2 Å². The molecule has 41 heavy (non-hydrogen) atoms. The van der Waals surface area contributed by atoms with Gasteiger partial charge in [0.2, 0.25) is 10.0 Å². The molecule has 3 atom stereocenters. The van der Waals surface area contributed by atoms with E-state index in [-0.39, 0.29) is 52.5 Å². The van der Waals surface area contributed by atoms with Gasteiger partial charge in [0.15, 0.2) is 5.03 Å². The number of aromatic nitrogens is 2. The largest absolute Gasteiger partial charge is 0.488 e. The highest BCUT2D eigenvalue weighted by Gasteiger charge is 2.35. The number of fused-ring (bicyclic) bond motifs is 1.